The van der Waals surface area contributed by atoms with Crippen LogP contribution in [-0.2, 0) is 14.3 Å². The molecule has 0 saturated carbocycles. The topological polar surface area (TPSA) is 35.5 Å². The quantitative estimate of drug-likeness (QED) is 0.597. The van der Waals surface area contributed by atoms with Crippen molar-refractivity contribution in [1.29, 1.82) is 0 Å². The molecule has 1 aromatic carbocycles. The molecule has 0 radical (unpaired) electrons. The van der Waals surface area contributed by atoms with Crippen LogP contribution in [0.15, 0.2) is 24.3 Å². The van der Waals surface area contributed by atoms with Gasteiger partial charge in [0.25, 0.3) is 0 Å². The minimum absolute atomic E-state index is 0.255. The third-order valence-corrected chi connectivity index (χ3v) is 1.96. The van der Waals surface area contributed by atoms with Crippen molar-refractivity contribution in [2.45, 2.75) is 27.7 Å². The second-order valence-corrected chi connectivity index (χ2v) is 3.69. The highest BCUT2D eigenvalue weighted by Crippen LogP contribution is 1.99. The molecule has 0 heterocycles. The van der Waals surface area contributed by atoms with Crippen LogP contribution >= 0.6 is 0 Å². The molecule has 0 spiro atoms. The fraction of sp³-hybridized carbons (Fsp3) is 0.500. The van der Waals surface area contributed by atoms with E-state index in [2.05, 4.69) is 42.8 Å². The number of carbonyl (C=O) groups is 1. The third kappa shape index (κ3) is 10.9. The van der Waals surface area contributed by atoms with Gasteiger partial charge in [0, 0.05) is 13.5 Å². The molecule has 0 fully saturated rings. The highest BCUT2D eigenvalue weighted by molar-refractivity contribution is 5.65. The summed E-state index contributed by atoms with van der Waals surface area (Å²) in [4.78, 5) is 10.1. The Bertz CT molecular complexity index is 283. The first kappa shape index (κ1) is 15.7. The van der Waals surface area contributed by atoms with E-state index >= 15 is 0 Å². The SMILES string of the molecule is CCOCCOC(C)=O.Cc1ccc(C)cc1. The summed E-state index contributed by atoms with van der Waals surface area (Å²) in [7, 11) is 0. The third-order valence-electron chi connectivity index (χ3n) is 1.96. The lowest BCUT2D eigenvalue weighted by molar-refractivity contribution is -0.142. The molecule has 0 aliphatic carbocycles. The Morgan fingerprint density at radius 2 is 1.53 bits per heavy atom. The van der Waals surface area contributed by atoms with Crippen LogP contribution in [0.1, 0.15) is 25.0 Å². The van der Waals surface area contributed by atoms with E-state index in [0.29, 0.717) is 19.8 Å². The van der Waals surface area contributed by atoms with Crippen molar-refractivity contribution in [2.75, 3.05) is 19.8 Å². The van der Waals surface area contributed by atoms with E-state index in [1.165, 1.54) is 18.1 Å². The summed E-state index contributed by atoms with van der Waals surface area (Å²) in [6.45, 7) is 9.00. The van der Waals surface area contributed by atoms with Crippen molar-refractivity contribution in [2.24, 2.45) is 0 Å². The Morgan fingerprint density at radius 1 is 1.06 bits per heavy atom. The number of rotatable bonds is 4. The number of esters is 1. The lowest BCUT2D eigenvalue weighted by Crippen LogP contribution is -2.06. The van der Waals surface area contributed by atoms with Crippen molar-refractivity contribution >= 4 is 5.97 Å². The Balaban J connectivity index is 0.000000302. The van der Waals surface area contributed by atoms with Gasteiger partial charge in [0.15, 0.2) is 0 Å². The summed E-state index contributed by atoms with van der Waals surface area (Å²) in [6.07, 6.45) is 0. The highest BCUT2D eigenvalue weighted by Gasteiger charge is 1.89. The largest absolute Gasteiger partial charge is 0.463 e. The summed E-state index contributed by atoms with van der Waals surface area (Å²) in [6, 6.07) is 8.48. The molecule has 0 atom stereocenters. The molecule has 0 N–H and O–H groups in total. The van der Waals surface area contributed by atoms with E-state index in [0.717, 1.165) is 0 Å². The van der Waals surface area contributed by atoms with Crippen LogP contribution in [0.4, 0.5) is 0 Å². The van der Waals surface area contributed by atoms with Gasteiger partial charge in [-0.15, -0.1) is 0 Å². The van der Waals surface area contributed by atoms with E-state index in [1.807, 2.05) is 6.92 Å². The van der Waals surface area contributed by atoms with Crippen molar-refractivity contribution in [3.63, 3.8) is 0 Å². The van der Waals surface area contributed by atoms with Crippen LogP contribution in [0.3, 0.4) is 0 Å². The van der Waals surface area contributed by atoms with Gasteiger partial charge in [0.1, 0.15) is 6.61 Å². The number of benzene rings is 1. The smallest absolute Gasteiger partial charge is 0.302 e. The fourth-order valence-electron chi connectivity index (χ4n) is 1.03. The molecule has 17 heavy (non-hydrogen) atoms. The molecule has 0 aliphatic heterocycles. The molecule has 0 unspecified atom stereocenters. The van der Waals surface area contributed by atoms with Crippen molar-refractivity contribution < 1.29 is 14.3 Å². The molecule has 96 valence electrons. The molecule has 3 nitrogen and oxygen atoms in total. The fourth-order valence-corrected chi connectivity index (χ4v) is 1.03. The molecular formula is C14H22O3. The van der Waals surface area contributed by atoms with Crippen LogP contribution in [0.25, 0.3) is 0 Å². The Kier molecular flexibility index (Phi) is 9.06. The minimum Gasteiger partial charge on any atom is -0.463 e. The lowest BCUT2D eigenvalue weighted by Gasteiger charge is -1.99. The average molecular weight is 238 g/mol. The van der Waals surface area contributed by atoms with Crippen LogP contribution < -0.4 is 0 Å². The zero-order valence-corrected chi connectivity index (χ0v) is 11.2. The van der Waals surface area contributed by atoms with Crippen LogP contribution in [0.2, 0.25) is 0 Å². The maximum atomic E-state index is 10.1. The monoisotopic (exact) mass is 238 g/mol. The summed E-state index contributed by atoms with van der Waals surface area (Å²) in [5.74, 6) is -0.255. The first-order chi connectivity index (χ1) is 8.06. The number of ether oxygens (including phenoxy) is 2. The van der Waals surface area contributed by atoms with Gasteiger partial charge in [-0.1, -0.05) is 35.4 Å². The number of aryl methyl sites for hydroxylation is 2. The van der Waals surface area contributed by atoms with E-state index in [1.54, 1.807) is 0 Å². The molecule has 1 rings (SSSR count). The van der Waals surface area contributed by atoms with Gasteiger partial charge >= 0.3 is 5.97 Å². The standard InChI is InChI=1S/C8H10.C6H12O3/c1-7-3-5-8(2)6-4-7;1-3-8-4-5-9-6(2)7/h3-6H,1-2H3;3-5H2,1-2H3. The normalized spacial score (nSPS) is 9.18. The zero-order valence-electron chi connectivity index (χ0n) is 11.2. The van der Waals surface area contributed by atoms with Crippen molar-refractivity contribution in [1.82, 2.24) is 0 Å². The minimum atomic E-state index is -0.255. The predicted molar refractivity (Wildman–Crippen MR) is 69.0 cm³/mol. The van der Waals surface area contributed by atoms with Crippen LogP contribution in [0.5, 0.6) is 0 Å². The molecule has 1 aromatic rings. The number of carbonyl (C=O) groups excluding carboxylic acids is 1. The summed E-state index contributed by atoms with van der Waals surface area (Å²) in [5, 5.41) is 0. The molecule has 0 aliphatic rings. The number of hydrogen-bond acceptors (Lipinski definition) is 3. The molecule has 3 heteroatoms. The lowest BCUT2D eigenvalue weighted by atomic mass is 10.2. The Morgan fingerprint density at radius 3 is 1.88 bits per heavy atom. The molecule has 0 aromatic heterocycles. The van der Waals surface area contributed by atoms with Gasteiger partial charge < -0.3 is 9.47 Å². The van der Waals surface area contributed by atoms with Gasteiger partial charge in [-0.2, -0.15) is 0 Å². The van der Waals surface area contributed by atoms with Gasteiger partial charge in [-0.3, -0.25) is 4.79 Å². The molecular weight excluding hydrogens is 216 g/mol. The predicted octanol–water partition coefficient (Wildman–Crippen LogP) is 2.89. The number of hydrogen-bond donors (Lipinski definition) is 0. The van der Waals surface area contributed by atoms with Crippen LogP contribution in [0, 0.1) is 13.8 Å². The Hall–Kier alpha value is -1.35. The summed E-state index contributed by atoms with van der Waals surface area (Å²) >= 11 is 0. The molecule has 0 bridgehead atoms. The maximum absolute atomic E-state index is 10.1. The van der Waals surface area contributed by atoms with Crippen molar-refractivity contribution in [3.8, 4) is 0 Å². The van der Waals surface area contributed by atoms with E-state index in [9.17, 15) is 4.79 Å². The Labute approximate surface area is 104 Å². The zero-order chi connectivity index (χ0) is 13.1. The second kappa shape index (κ2) is 9.85. The maximum Gasteiger partial charge on any atom is 0.302 e. The summed E-state index contributed by atoms with van der Waals surface area (Å²) in [5.41, 5.74) is 2.66. The second-order valence-electron chi connectivity index (χ2n) is 3.69. The highest BCUT2D eigenvalue weighted by atomic mass is 16.6. The van der Waals surface area contributed by atoms with E-state index in [-0.39, 0.29) is 5.97 Å². The van der Waals surface area contributed by atoms with Gasteiger partial charge in [-0.25, -0.2) is 0 Å². The van der Waals surface area contributed by atoms with Gasteiger partial charge in [0.05, 0.1) is 6.61 Å². The van der Waals surface area contributed by atoms with Crippen molar-refractivity contribution in [3.05, 3.63) is 35.4 Å². The van der Waals surface area contributed by atoms with Crippen LogP contribution in [-0.4, -0.2) is 25.8 Å². The average Bonchev–Trinajstić information content (AvgIpc) is 2.29. The molecule has 0 amide bonds. The summed E-state index contributed by atoms with van der Waals surface area (Å²) < 4.78 is 9.49. The van der Waals surface area contributed by atoms with E-state index < -0.39 is 0 Å². The first-order valence-corrected chi connectivity index (χ1v) is 5.80. The van der Waals surface area contributed by atoms with Gasteiger partial charge in [-0.05, 0) is 20.8 Å². The van der Waals surface area contributed by atoms with Gasteiger partial charge in [0.2, 0.25) is 0 Å². The molecule has 0 saturated heterocycles. The van der Waals surface area contributed by atoms with E-state index in [4.69, 9.17) is 4.74 Å². The first-order valence-electron chi connectivity index (χ1n) is 5.80.